The summed E-state index contributed by atoms with van der Waals surface area (Å²) in [6.07, 6.45) is 0.865. The Kier molecular flexibility index (Phi) is 4.15. The van der Waals surface area contributed by atoms with Crippen LogP contribution in [0.2, 0.25) is 0 Å². The maximum absolute atomic E-state index is 12.0. The van der Waals surface area contributed by atoms with Crippen LogP contribution in [0.3, 0.4) is 0 Å². The van der Waals surface area contributed by atoms with Gasteiger partial charge in [0.2, 0.25) is 0 Å². The molecular formula is C11H20N2O3. The van der Waals surface area contributed by atoms with Crippen molar-refractivity contribution in [1.29, 1.82) is 0 Å². The summed E-state index contributed by atoms with van der Waals surface area (Å²) < 4.78 is 11.0. The topological polar surface area (TPSA) is 50.8 Å². The van der Waals surface area contributed by atoms with Gasteiger partial charge in [-0.3, -0.25) is 4.79 Å². The Labute approximate surface area is 96.1 Å². The average molecular weight is 228 g/mol. The van der Waals surface area contributed by atoms with Gasteiger partial charge in [-0.25, -0.2) is 0 Å². The molecule has 5 heteroatoms. The van der Waals surface area contributed by atoms with Gasteiger partial charge in [0.25, 0.3) is 5.91 Å². The molecule has 2 aliphatic rings. The second kappa shape index (κ2) is 5.61. The third-order valence-corrected chi connectivity index (χ3v) is 3.08. The fraction of sp³-hybridized carbons (Fsp3) is 0.909. The number of hydrogen-bond donors (Lipinski definition) is 1. The number of carbonyl (C=O) groups is 1. The molecule has 2 fully saturated rings. The third kappa shape index (κ3) is 2.93. The van der Waals surface area contributed by atoms with E-state index in [9.17, 15) is 4.79 Å². The number of morpholine rings is 1. The number of ether oxygens (including phenoxy) is 2. The van der Waals surface area contributed by atoms with E-state index in [1.165, 1.54) is 0 Å². The van der Waals surface area contributed by atoms with Crippen LogP contribution >= 0.6 is 0 Å². The maximum Gasteiger partial charge on any atom is 0.251 e. The van der Waals surface area contributed by atoms with Gasteiger partial charge in [-0.2, -0.15) is 0 Å². The van der Waals surface area contributed by atoms with Gasteiger partial charge in [0.1, 0.15) is 6.10 Å². The molecule has 0 aromatic rings. The zero-order valence-corrected chi connectivity index (χ0v) is 9.78. The number of hydrogen-bond acceptors (Lipinski definition) is 4. The molecule has 2 rings (SSSR count). The van der Waals surface area contributed by atoms with E-state index in [4.69, 9.17) is 9.47 Å². The maximum atomic E-state index is 12.0. The van der Waals surface area contributed by atoms with E-state index in [-0.39, 0.29) is 18.1 Å². The van der Waals surface area contributed by atoms with E-state index >= 15 is 0 Å². The highest BCUT2D eigenvalue weighted by molar-refractivity contribution is 5.80. The summed E-state index contributed by atoms with van der Waals surface area (Å²) in [7, 11) is 0. The van der Waals surface area contributed by atoms with Gasteiger partial charge in [0.05, 0.1) is 19.3 Å². The number of carbonyl (C=O) groups excluding carboxylic acids is 1. The Hall–Kier alpha value is -0.650. The molecule has 1 N–H and O–H groups in total. The van der Waals surface area contributed by atoms with E-state index in [2.05, 4.69) is 5.32 Å². The first kappa shape index (κ1) is 11.8. The number of nitrogens with zero attached hydrogens (tertiary/aromatic N) is 1. The molecule has 16 heavy (non-hydrogen) atoms. The van der Waals surface area contributed by atoms with Crippen molar-refractivity contribution in [3.05, 3.63) is 0 Å². The summed E-state index contributed by atoms with van der Waals surface area (Å²) in [5.41, 5.74) is 0. The van der Waals surface area contributed by atoms with Crippen LogP contribution in [0.4, 0.5) is 0 Å². The molecule has 2 unspecified atom stereocenters. The van der Waals surface area contributed by atoms with E-state index in [0.717, 1.165) is 19.5 Å². The molecule has 0 aliphatic carbocycles. The largest absolute Gasteiger partial charge is 0.378 e. The van der Waals surface area contributed by atoms with Crippen molar-refractivity contribution in [1.82, 2.24) is 10.2 Å². The number of rotatable bonds is 3. The summed E-state index contributed by atoms with van der Waals surface area (Å²) in [6, 6.07) is 0. The molecule has 0 bridgehead atoms. The Balaban J connectivity index is 1.78. The zero-order chi connectivity index (χ0) is 11.4. The van der Waals surface area contributed by atoms with Crippen LogP contribution in [-0.4, -0.2) is 62.4 Å². The van der Waals surface area contributed by atoms with Crippen molar-refractivity contribution in [2.75, 3.05) is 39.4 Å². The first-order chi connectivity index (χ1) is 7.77. The molecule has 2 saturated heterocycles. The molecule has 0 aromatic carbocycles. The predicted octanol–water partition coefficient (Wildman–Crippen LogP) is -0.388. The summed E-state index contributed by atoms with van der Waals surface area (Å²) in [5.74, 6) is 0.0928. The van der Waals surface area contributed by atoms with E-state index in [0.29, 0.717) is 26.3 Å². The van der Waals surface area contributed by atoms with Crippen molar-refractivity contribution in [3.8, 4) is 0 Å². The van der Waals surface area contributed by atoms with Gasteiger partial charge < -0.3 is 19.7 Å². The highest BCUT2D eigenvalue weighted by Gasteiger charge is 2.26. The molecule has 0 aromatic heterocycles. The molecule has 92 valence electrons. The second-order valence-corrected chi connectivity index (χ2v) is 4.33. The van der Waals surface area contributed by atoms with Crippen LogP contribution in [0.25, 0.3) is 0 Å². The van der Waals surface area contributed by atoms with Crippen molar-refractivity contribution in [2.24, 2.45) is 0 Å². The van der Waals surface area contributed by atoms with Crippen molar-refractivity contribution in [3.63, 3.8) is 0 Å². The van der Waals surface area contributed by atoms with E-state index in [1.807, 2.05) is 11.8 Å². The molecule has 2 aliphatic heterocycles. The Bertz CT molecular complexity index is 235. The standard InChI is InChI=1S/C11H20N2O3/c1-9(16-10-2-3-12-8-10)11(14)13-4-6-15-7-5-13/h9-10,12H,2-8H2,1H3. The molecule has 2 atom stereocenters. The number of amides is 1. The minimum Gasteiger partial charge on any atom is -0.378 e. The number of nitrogens with one attached hydrogen (secondary N) is 1. The minimum atomic E-state index is -0.331. The lowest BCUT2D eigenvalue weighted by atomic mass is 10.2. The first-order valence-corrected chi connectivity index (χ1v) is 6.00. The lowest BCUT2D eigenvalue weighted by Gasteiger charge is -2.30. The molecule has 0 spiro atoms. The summed E-state index contributed by atoms with van der Waals surface area (Å²) >= 11 is 0. The monoisotopic (exact) mass is 228 g/mol. The smallest absolute Gasteiger partial charge is 0.251 e. The quantitative estimate of drug-likeness (QED) is 0.715. The Morgan fingerprint density at radius 2 is 2.25 bits per heavy atom. The average Bonchev–Trinajstić information content (AvgIpc) is 2.82. The van der Waals surface area contributed by atoms with Crippen LogP contribution in [-0.2, 0) is 14.3 Å². The van der Waals surface area contributed by atoms with Gasteiger partial charge >= 0.3 is 0 Å². The van der Waals surface area contributed by atoms with Crippen molar-refractivity contribution in [2.45, 2.75) is 25.6 Å². The van der Waals surface area contributed by atoms with Gasteiger partial charge in [-0.1, -0.05) is 0 Å². The van der Waals surface area contributed by atoms with Crippen LogP contribution in [0.5, 0.6) is 0 Å². The van der Waals surface area contributed by atoms with Crippen molar-refractivity contribution >= 4 is 5.91 Å². The normalized spacial score (nSPS) is 28.1. The summed E-state index contributed by atoms with van der Waals surface area (Å²) in [5, 5.41) is 3.23. The van der Waals surface area contributed by atoms with Gasteiger partial charge in [-0.15, -0.1) is 0 Å². The summed E-state index contributed by atoms with van der Waals surface area (Å²) in [4.78, 5) is 13.8. The third-order valence-electron chi connectivity index (χ3n) is 3.08. The van der Waals surface area contributed by atoms with Crippen LogP contribution in [0.15, 0.2) is 0 Å². The molecule has 0 saturated carbocycles. The molecular weight excluding hydrogens is 208 g/mol. The van der Waals surface area contributed by atoms with Crippen LogP contribution < -0.4 is 5.32 Å². The highest BCUT2D eigenvalue weighted by Crippen LogP contribution is 2.09. The van der Waals surface area contributed by atoms with Crippen LogP contribution in [0, 0.1) is 0 Å². The fourth-order valence-corrected chi connectivity index (χ4v) is 2.13. The van der Waals surface area contributed by atoms with Gasteiger partial charge in [0, 0.05) is 19.6 Å². The Morgan fingerprint density at radius 1 is 1.50 bits per heavy atom. The Morgan fingerprint density at radius 3 is 2.88 bits per heavy atom. The molecule has 0 radical (unpaired) electrons. The lowest BCUT2D eigenvalue weighted by Crippen LogP contribution is -2.46. The first-order valence-electron chi connectivity index (χ1n) is 6.00. The molecule has 2 heterocycles. The van der Waals surface area contributed by atoms with Crippen molar-refractivity contribution < 1.29 is 14.3 Å². The molecule has 5 nitrogen and oxygen atoms in total. The SMILES string of the molecule is CC(OC1CCNC1)C(=O)N1CCOCC1. The fourth-order valence-electron chi connectivity index (χ4n) is 2.13. The lowest BCUT2D eigenvalue weighted by molar-refractivity contribution is -0.149. The predicted molar refractivity (Wildman–Crippen MR) is 59.2 cm³/mol. The molecule has 1 amide bonds. The van der Waals surface area contributed by atoms with Crippen LogP contribution in [0.1, 0.15) is 13.3 Å². The van der Waals surface area contributed by atoms with E-state index in [1.54, 1.807) is 0 Å². The van der Waals surface area contributed by atoms with Gasteiger partial charge in [-0.05, 0) is 19.9 Å². The van der Waals surface area contributed by atoms with Gasteiger partial charge in [0.15, 0.2) is 0 Å². The highest BCUT2D eigenvalue weighted by atomic mass is 16.5. The minimum absolute atomic E-state index is 0.0928. The second-order valence-electron chi connectivity index (χ2n) is 4.33. The van der Waals surface area contributed by atoms with E-state index < -0.39 is 0 Å². The zero-order valence-electron chi connectivity index (χ0n) is 9.78. The summed E-state index contributed by atoms with van der Waals surface area (Å²) in [6.45, 7) is 6.36.